The molecule has 14 heteroatoms. The normalized spacial score (nSPS) is 22.8. The third-order valence-corrected chi connectivity index (χ3v) is 10.9. The lowest BCUT2D eigenvalue weighted by Crippen LogP contribution is -2.53. The number of rotatable bonds is 9. The molecule has 54 heavy (non-hydrogen) atoms. The summed E-state index contributed by atoms with van der Waals surface area (Å²) in [4.78, 5) is 42.5. The van der Waals surface area contributed by atoms with E-state index in [2.05, 4.69) is 38.9 Å². The highest BCUT2D eigenvalue weighted by molar-refractivity contribution is 7.10. The Morgan fingerprint density at radius 3 is 1.94 bits per heavy atom. The summed E-state index contributed by atoms with van der Waals surface area (Å²) in [5.41, 5.74) is 14.6. The maximum absolute atomic E-state index is 12.8. The average molecular weight is 758 g/mol. The summed E-state index contributed by atoms with van der Waals surface area (Å²) in [7, 11) is 3.23. The molecule has 2 aromatic heterocycles. The highest BCUT2D eigenvalue weighted by atomic mass is 32.1. The first-order chi connectivity index (χ1) is 25.5. The van der Waals surface area contributed by atoms with Crippen molar-refractivity contribution in [1.29, 1.82) is 0 Å². The monoisotopic (exact) mass is 757 g/mol. The van der Waals surface area contributed by atoms with Gasteiger partial charge in [0.1, 0.15) is 11.3 Å². The quantitative estimate of drug-likeness (QED) is 0.170. The summed E-state index contributed by atoms with van der Waals surface area (Å²) in [6, 6.07) is 19.5. The first-order valence-corrected chi connectivity index (χ1v) is 17.8. The van der Waals surface area contributed by atoms with Gasteiger partial charge in [-0.15, -0.1) is 37.7 Å². The van der Waals surface area contributed by atoms with Gasteiger partial charge in [0, 0.05) is 31.4 Å². The Morgan fingerprint density at radius 2 is 1.37 bits per heavy atom. The molecule has 6 rings (SSSR count). The zero-order valence-corrected chi connectivity index (χ0v) is 31.2. The predicted octanol–water partition coefficient (Wildman–Crippen LogP) is 7.45. The van der Waals surface area contributed by atoms with Crippen LogP contribution < -0.4 is 16.2 Å². The second-order valence-corrected chi connectivity index (χ2v) is 14.2. The minimum Gasteiger partial charge on any atom is -0.406 e. The lowest BCUT2D eigenvalue weighted by Gasteiger charge is -2.40. The highest BCUT2D eigenvalue weighted by Gasteiger charge is 2.47. The smallest absolute Gasteiger partial charge is 0.406 e. The maximum atomic E-state index is 12.8. The molecule has 2 aromatic carbocycles. The number of ether oxygens (including phenoxy) is 1. The van der Waals surface area contributed by atoms with E-state index < -0.39 is 23.4 Å². The van der Waals surface area contributed by atoms with Gasteiger partial charge in [0.05, 0.1) is 17.4 Å². The number of aliphatic imine (C=N–C) groups is 2. The van der Waals surface area contributed by atoms with Crippen molar-refractivity contribution in [1.82, 2.24) is 14.8 Å². The number of pyridine rings is 1. The fourth-order valence-corrected chi connectivity index (χ4v) is 7.69. The topological polar surface area (TPSA) is 140 Å². The Hall–Kier alpha value is -5.76. The summed E-state index contributed by atoms with van der Waals surface area (Å²) < 4.78 is 41.5. The summed E-state index contributed by atoms with van der Waals surface area (Å²) in [6.45, 7) is 11.3. The first kappa shape index (κ1) is 39.4. The van der Waals surface area contributed by atoms with Crippen molar-refractivity contribution in [2.24, 2.45) is 33.3 Å². The zero-order chi connectivity index (χ0) is 39.4. The van der Waals surface area contributed by atoms with Gasteiger partial charge in [0.2, 0.25) is 11.8 Å². The molecule has 2 aliphatic rings. The van der Waals surface area contributed by atoms with Crippen LogP contribution in [0.15, 0.2) is 120 Å². The number of benzene rings is 2. The van der Waals surface area contributed by atoms with Crippen LogP contribution in [0.5, 0.6) is 5.75 Å². The fourth-order valence-electron chi connectivity index (χ4n) is 6.62. The Labute approximate surface area is 316 Å². The number of allylic oxidation sites excluding steroid dienone is 2. The molecule has 10 nitrogen and oxygen atoms in total. The van der Waals surface area contributed by atoms with Crippen molar-refractivity contribution >= 4 is 35.1 Å². The van der Waals surface area contributed by atoms with Gasteiger partial charge in [-0.1, -0.05) is 48.6 Å². The number of amides is 2. The van der Waals surface area contributed by atoms with Crippen molar-refractivity contribution in [3.63, 3.8) is 0 Å². The third kappa shape index (κ3) is 8.08. The van der Waals surface area contributed by atoms with Crippen LogP contribution in [0.2, 0.25) is 0 Å². The molecule has 0 radical (unpaired) electrons. The number of thiophene rings is 1. The van der Waals surface area contributed by atoms with Crippen molar-refractivity contribution < 1.29 is 27.5 Å². The van der Waals surface area contributed by atoms with Crippen LogP contribution >= 0.6 is 11.3 Å². The predicted molar refractivity (Wildman–Crippen MR) is 206 cm³/mol. The number of nitrogens with two attached hydrogens (primary N) is 2. The maximum Gasteiger partial charge on any atom is 0.573 e. The number of alkyl halides is 3. The summed E-state index contributed by atoms with van der Waals surface area (Å²) in [5.74, 6) is -0.963. The number of hydrogen-bond donors (Lipinski definition) is 2. The molecule has 0 spiro atoms. The second kappa shape index (κ2) is 15.7. The van der Waals surface area contributed by atoms with Gasteiger partial charge in [-0.25, -0.2) is 9.98 Å². The van der Waals surface area contributed by atoms with Crippen molar-refractivity contribution in [2.75, 3.05) is 14.1 Å². The number of aromatic nitrogens is 1. The summed E-state index contributed by atoms with van der Waals surface area (Å²) in [5, 5.41) is 1.81. The second-order valence-electron chi connectivity index (χ2n) is 13.3. The molecule has 282 valence electrons. The third-order valence-electron chi connectivity index (χ3n) is 9.74. The molecule has 0 bridgehead atoms. The van der Waals surface area contributed by atoms with Gasteiger partial charge in [-0.05, 0) is 90.2 Å². The number of nitrogens with zero attached hydrogens (tertiary/aromatic N) is 5. The number of carbonyl (C=O) groups excluding carboxylic acids is 2. The molecule has 4 heterocycles. The van der Waals surface area contributed by atoms with Crippen LogP contribution in [-0.4, -0.2) is 59.0 Å². The van der Waals surface area contributed by atoms with Crippen LogP contribution in [0, 0.1) is 11.8 Å². The lowest BCUT2D eigenvalue weighted by molar-refractivity contribution is -0.274. The van der Waals surface area contributed by atoms with Crippen LogP contribution in [0.3, 0.4) is 0 Å². The van der Waals surface area contributed by atoms with Gasteiger partial charge < -0.3 is 16.2 Å². The Morgan fingerprint density at radius 1 is 0.815 bits per heavy atom. The van der Waals surface area contributed by atoms with E-state index in [1.54, 1.807) is 38.5 Å². The molecule has 4 N–H and O–H groups in total. The van der Waals surface area contributed by atoms with Gasteiger partial charge in [0.25, 0.3) is 0 Å². The van der Waals surface area contributed by atoms with E-state index in [9.17, 15) is 22.8 Å². The minimum absolute atomic E-state index is 0.0401. The Kier molecular flexibility index (Phi) is 11.5. The van der Waals surface area contributed by atoms with Gasteiger partial charge in [-0.2, -0.15) is 0 Å². The minimum atomic E-state index is -4.76. The molecule has 2 aliphatic heterocycles. The van der Waals surface area contributed by atoms with E-state index in [1.807, 2.05) is 61.8 Å². The fraction of sp³-hybridized carbons (Fsp3) is 0.275. The molecule has 0 saturated heterocycles. The van der Waals surface area contributed by atoms with Crippen molar-refractivity contribution in [2.45, 2.75) is 44.1 Å². The lowest BCUT2D eigenvalue weighted by atomic mass is 9.76. The SMILES string of the molecule is C=CC[C@H]1C(=O)N(C)C(N)=N[C@]1(C)c1cc(-c2cccc(OC(F)(F)F)c2)cs1.C=CC[C@H]1C(=O)N(C)C(N)=N[C@]1(C)c1cccc(-c2cccnc2)c1. The Bertz CT molecular complexity index is 2100. The van der Waals surface area contributed by atoms with Crippen LogP contribution in [0.4, 0.5) is 13.2 Å². The van der Waals surface area contributed by atoms with Crippen LogP contribution in [0.25, 0.3) is 22.3 Å². The van der Waals surface area contributed by atoms with Gasteiger partial charge in [0.15, 0.2) is 11.9 Å². The van der Waals surface area contributed by atoms with E-state index in [4.69, 9.17) is 11.5 Å². The largest absolute Gasteiger partial charge is 0.573 e. The van der Waals surface area contributed by atoms with Crippen LogP contribution in [0.1, 0.15) is 37.1 Å². The zero-order valence-electron chi connectivity index (χ0n) is 30.4. The molecular weight excluding hydrogens is 716 g/mol. The van der Waals surface area contributed by atoms with Crippen LogP contribution in [-0.2, 0) is 20.7 Å². The summed E-state index contributed by atoms with van der Waals surface area (Å²) >= 11 is 1.37. The van der Waals surface area contributed by atoms with E-state index in [0.29, 0.717) is 24.0 Å². The number of guanidine groups is 2. The molecule has 0 fully saturated rings. The standard InChI is InChI=1S/C20H20F3N3O2S.C20H22N4O/c1-4-6-15-17(27)26(3)18(24)25-19(15,2)16-10-13(11-29-16)12-7-5-8-14(9-12)28-20(21,22)23;1-4-7-17-18(25)24(3)19(21)23-20(17,2)16-10-5-8-14(12-16)15-9-6-11-22-13-15/h4-5,7-11,15H,1,6H2,2-3H3,(H2,24,25);4-6,8-13,17H,1,7H2,2-3H3,(H2,21,23)/t15-,19-;17-,20+/m00/s1. The van der Waals surface area contributed by atoms with Gasteiger partial charge >= 0.3 is 6.36 Å². The number of carbonyl (C=O) groups is 2. The molecule has 4 aromatic rings. The molecule has 0 saturated carbocycles. The molecule has 2 amide bonds. The number of hydrogen-bond acceptors (Lipinski definition) is 9. The van der Waals surface area contributed by atoms with Gasteiger partial charge in [-0.3, -0.25) is 24.4 Å². The van der Waals surface area contributed by atoms with E-state index >= 15 is 0 Å². The van der Waals surface area contributed by atoms with E-state index in [-0.39, 0.29) is 35.4 Å². The first-order valence-electron chi connectivity index (χ1n) is 17.0. The molecule has 0 aliphatic carbocycles. The van der Waals surface area contributed by atoms with E-state index in [0.717, 1.165) is 21.6 Å². The Balaban J connectivity index is 0.000000210. The van der Waals surface area contributed by atoms with Crippen molar-refractivity contribution in [3.8, 4) is 28.0 Å². The molecular formula is C40H42F3N7O3S. The van der Waals surface area contributed by atoms with E-state index in [1.165, 1.54) is 39.3 Å². The summed E-state index contributed by atoms with van der Waals surface area (Å²) in [6.07, 6.45) is 3.18. The molecule has 4 atom stereocenters. The molecule has 0 unspecified atom stereocenters. The van der Waals surface area contributed by atoms with Crippen molar-refractivity contribution in [3.05, 3.63) is 120 Å². The number of halogens is 3. The average Bonchev–Trinajstić information content (AvgIpc) is 3.65. The highest BCUT2D eigenvalue weighted by Crippen LogP contribution is 2.44.